The topological polar surface area (TPSA) is 127 Å². The summed E-state index contributed by atoms with van der Waals surface area (Å²) in [6.07, 6.45) is -3.71. The molecule has 0 aliphatic carbocycles. The molecule has 2 aliphatic rings. The van der Waals surface area contributed by atoms with Gasteiger partial charge in [-0.05, 0) is 17.7 Å². The van der Waals surface area contributed by atoms with E-state index in [1.165, 1.54) is 24.5 Å². The summed E-state index contributed by atoms with van der Waals surface area (Å²) in [5, 5.41) is 19.4. The molecular formula is C20H18BrF4N7O3. The van der Waals surface area contributed by atoms with Crippen molar-refractivity contribution in [2.24, 2.45) is 4.99 Å². The number of piperazine rings is 1. The molecule has 1 unspecified atom stereocenters. The average molecular weight is 560 g/mol. The van der Waals surface area contributed by atoms with Crippen LogP contribution in [0.4, 0.5) is 17.6 Å². The van der Waals surface area contributed by atoms with E-state index in [1.54, 1.807) is 4.90 Å². The number of hydrogen-bond donors (Lipinski definition) is 3. The molecule has 3 N–H and O–H groups in total. The van der Waals surface area contributed by atoms with Crippen LogP contribution in [0.2, 0.25) is 0 Å². The Kier molecular flexibility index (Phi) is 6.89. The van der Waals surface area contributed by atoms with Crippen LogP contribution in [0.25, 0.3) is 0 Å². The predicted molar refractivity (Wildman–Crippen MR) is 117 cm³/mol. The molecule has 1 aromatic heterocycles. The van der Waals surface area contributed by atoms with Crippen molar-refractivity contribution < 1.29 is 32.3 Å². The minimum Gasteiger partial charge on any atom is -0.478 e. The van der Waals surface area contributed by atoms with Gasteiger partial charge in [0.2, 0.25) is 0 Å². The lowest BCUT2D eigenvalue weighted by atomic mass is 9.95. The molecule has 0 radical (unpaired) electrons. The van der Waals surface area contributed by atoms with Crippen molar-refractivity contribution in [3.05, 3.63) is 57.5 Å². The van der Waals surface area contributed by atoms with Crippen LogP contribution in [0.15, 0.2) is 45.3 Å². The second-order valence-corrected chi connectivity index (χ2v) is 8.62. The van der Waals surface area contributed by atoms with E-state index in [0.717, 1.165) is 4.90 Å². The van der Waals surface area contributed by atoms with Gasteiger partial charge >= 0.3 is 18.1 Å². The van der Waals surface area contributed by atoms with E-state index >= 15 is 0 Å². The summed E-state index contributed by atoms with van der Waals surface area (Å²) in [5.41, 5.74) is 0.505. The maximum Gasteiger partial charge on any atom is 0.471 e. The molecule has 35 heavy (non-hydrogen) atoms. The van der Waals surface area contributed by atoms with Crippen LogP contribution < -0.4 is 5.32 Å². The number of nitrogens with zero attached hydrogens (tertiary/aromatic N) is 5. The van der Waals surface area contributed by atoms with E-state index in [2.05, 4.69) is 41.4 Å². The molecule has 10 nitrogen and oxygen atoms in total. The summed E-state index contributed by atoms with van der Waals surface area (Å²) in [5.74, 6) is -3.29. The molecule has 0 spiro atoms. The first kappa shape index (κ1) is 24.8. The summed E-state index contributed by atoms with van der Waals surface area (Å²) >= 11 is 3.26. The van der Waals surface area contributed by atoms with Gasteiger partial charge in [0.15, 0.2) is 11.7 Å². The SMILES string of the molecule is O=C(O)C1=C(CN2CCN(C(=O)C(F)(F)F)CC2)NC(c2ncn[nH]2)=NC1c1ccc(F)cc1Br. The second-order valence-electron chi connectivity index (χ2n) is 7.77. The number of amidine groups is 1. The lowest BCUT2D eigenvalue weighted by Gasteiger charge is -2.36. The third-order valence-corrected chi connectivity index (χ3v) is 6.22. The fourth-order valence-electron chi connectivity index (χ4n) is 3.87. The molecule has 15 heteroatoms. The van der Waals surface area contributed by atoms with Crippen LogP contribution in [0.1, 0.15) is 17.4 Å². The van der Waals surface area contributed by atoms with Gasteiger partial charge in [0.25, 0.3) is 0 Å². The number of nitrogens with one attached hydrogen (secondary N) is 2. The Hall–Kier alpha value is -3.33. The molecule has 2 aliphatic heterocycles. The van der Waals surface area contributed by atoms with Gasteiger partial charge in [-0.15, -0.1) is 0 Å². The number of H-pyrrole nitrogens is 1. The van der Waals surface area contributed by atoms with E-state index in [-0.39, 0.29) is 55.7 Å². The normalized spacial score (nSPS) is 19.4. The number of rotatable bonds is 5. The van der Waals surface area contributed by atoms with Gasteiger partial charge in [-0.3, -0.25) is 19.8 Å². The standard InChI is InChI=1S/C20H18BrF4N7O3/c21-12-7-10(22)1-2-11(12)15-14(18(33)34)13(28-17(29-15)16-26-9-27-30-16)8-31-3-5-32(6-4-31)19(35)20(23,24)25/h1-2,7,9,15H,3-6,8H2,(H,28,29)(H,33,34)(H,26,27,30). The summed E-state index contributed by atoms with van der Waals surface area (Å²) in [6.45, 7) is -0.106. The monoisotopic (exact) mass is 559 g/mol. The van der Waals surface area contributed by atoms with Crippen LogP contribution in [0, 0.1) is 5.82 Å². The van der Waals surface area contributed by atoms with Gasteiger partial charge in [0, 0.05) is 42.9 Å². The highest BCUT2D eigenvalue weighted by atomic mass is 79.9. The van der Waals surface area contributed by atoms with Crippen LogP contribution in [-0.4, -0.2) is 86.7 Å². The van der Waals surface area contributed by atoms with Crippen LogP contribution in [-0.2, 0) is 9.59 Å². The number of aromatic nitrogens is 3. The van der Waals surface area contributed by atoms with E-state index in [4.69, 9.17) is 0 Å². The Morgan fingerprint density at radius 1 is 1.20 bits per heavy atom. The zero-order valence-corrected chi connectivity index (χ0v) is 19.4. The molecule has 1 fully saturated rings. The average Bonchev–Trinajstić information content (AvgIpc) is 3.33. The number of aromatic amines is 1. The number of alkyl halides is 3. The minimum atomic E-state index is -4.95. The fourth-order valence-corrected chi connectivity index (χ4v) is 4.44. The number of halogens is 5. The van der Waals surface area contributed by atoms with Crippen molar-refractivity contribution in [1.29, 1.82) is 0 Å². The maximum absolute atomic E-state index is 13.7. The minimum absolute atomic E-state index is 0.0259. The number of aliphatic imine (C=N–C) groups is 1. The highest BCUT2D eigenvalue weighted by Gasteiger charge is 2.43. The van der Waals surface area contributed by atoms with Crippen molar-refractivity contribution in [2.45, 2.75) is 12.2 Å². The Bertz CT molecular complexity index is 1190. The third kappa shape index (κ3) is 5.35. The molecule has 1 atom stereocenters. The number of benzene rings is 1. The highest BCUT2D eigenvalue weighted by Crippen LogP contribution is 2.36. The quantitative estimate of drug-likeness (QED) is 0.477. The van der Waals surface area contributed by atoms with Crippen molar-refractivity contribution >= 4 is 33.6 Å². The predicted octanol–water partition coefficient (Wildman–Crippen LogP) is 1.84. The lowest BCUT2D eigenvalue weighted by molar-refractivity contribution is -0.186. The molecule has 0 bridgehead atoms. The molecule has 0 saturated carbocycles. The zero-order chi connectivity index (χ0) is 25.3. The fraction of sp³-hybridized carbons (Fsp3) is 0.350. The third-order valence-electron chi connectivity index (χ3n) is 5.54. The highest BCUT2D eigenvalue weighted by molar-refractivity contribution is 9.10. The lowest BCUT2D eigenvalue weighted by Crippen LogP contribution is -2.53. The van der Waals surface area contributed by atoms with Gasteiger partial charge in [-0.2, -0.15) is 18.3 Å². The molecule has 186 valence electrons. The Labute approximate surface area is 203 Å². The van der Waals surface area contributed by atoms with Gasteiger partial charge in [-0.1, -0.05) is 22.0 Å². The first-order valence-electron chi connectivity index (χ1n) is 10.2. The number of aliphatic carboxylic acids is 1. The molecule has 1 aromatic carbocycles. The van der Waals surface area contributed by atoms with Crippen molar-refractivity contribution in [3.8, 4) is 0 Å². The second kappa shape index (κ2) is 9.73. The van der Waals surface area contributed by atoms with E-state index in [0.29, 0.717) is 10.0 Å². The first-order valence-corrected chi connectivity index (χ1v) is 11.0. The summed E-state index contributed by atoms with van der Waals surface area (Å²) in [7, 11) is 0. The van der Waals surface area contributed by atoms with E-state index in [9.17, 15) is 32.3 Å². The largest absolute Gasteiger partial charge is 0.478 e. The number of carboxylic acids is 1. The van der Waals surface area contributed by atoms with Crippen LogP contribution >= 0.6 is 15.9 Å². The number of carbonyl (C=O) groups is 2. The van der Waals surface area contributed by atoms with E-state index in [1.807, 2.05) is 0 Å². The molecule has 4 rings (SSSR count). The van der Waals surface area contributed by atoms with E-state index < -0.39 is 29.9 Å². The smallest absolute Gasteiger partial charge is 0.471 e. The molecular weight excluding hydrogens is 542 g/mol. The summed E-state index contributed by atoms with van der Waals surface area (Å²) in [6, 6.07) is 2.74. The van der Waals surface area contributed by atoms with Crippen LogP contribution in [0.5, 0.6) is 0 Å². The Balaban J connectivity index is 1.64. The van der Waals surface area contributed by atoms with Gasteiger partial charge < -0.3 is 15.3 Å². The van der Waals surface area contributed by atoms with Crippen LogP contribution in [0.3, 0.4) is 0 Å². The van der Waals surface area contributed by atoms with Gasteiger partial charge in [0.05, 0.1) is 5.57 Å². The van der Waals surface area contributed by atoms with Gasteiger partial charge in [0.1, 0.15) is 18.2 Å². The Morgan fingerprint density at radius 2 is 1.91 bits per heavy atom. The van der Waals surface area contributed by atoms with Crippen molar-refractivity contribution in [2.75, 3.05) is 32.7 Å². The first-order chi connectivity index (χ1) is 16.5. The molecule has 1 saturated heterocycles. The number of carboxylic acid groups (broad SMARTS) is 1. The molecule has 1 amide bonds. The van der Waals surface area contributed by atoms with Crippen molar-refractivity contribution in [1.82, 2.24) is 30.3 Å². The molecule has 2 aromatic rings. The maximum atomic E-state index is 13.7. The Morgan fingerprint density at radius 3 is 2.49 bits per heavy atom. The zero-order valence-electron chi connectivity index (χ0n) is 17.8. The van der Waals surface area contributed by atoms with Crippen molar-refractivity contribution in [3.63, 3.8) is 0 Å². The number of amides is 1. The summed E-state index contributed by atoms with van der Waals surface area (Å²) in [4.78, 5) is 34.8. The molecule has 3 heterocycles. The number of carbonyl (C=O) groups excluding carboxylic acids is 1. The summed E-state index contributed by atoms with van der Waals surface area (Å²) < 4.78 is 52.2. The van der Waals surface area contributed by atoms with Gasteiger partial charge in [-0.25, -0.2) is 14.2 Å². The number of hydrogen-bond acceptors (Lipinski definition) is 7.